The van der Waals surface area contributed by atoms with Crippen molar-refractivity contribution in [2.45, 2.75) is 50.7 Å². The van der Waals surface area contributed by atoms with Crippen LogP contribution in [0, 0.1) is 11.7 Å². The molecule has 0 saturated carbocycles. The zero-order chi connectivity index (χ0) is 20.4. The minimum atomic E-state index is -0.978. The number of amides is 3. The number of carbonyl (C=O) groups excluding carboxylic acids is 2. The van der Waals surface area contributed by atoms with Crippen molar-refractivity contribution in [1.29, 1.82) is 0 Å². The molecule has 0 bridgehead atoms. The summed E-state index contributed by atoms with van der Waals surface area (Å²) in [6.07, 6.45) is 2.55. The van der Waals surface area contributed by atoms with Gasteiger partial charge in [0.25, 0.3) is 5.91 Å². The van der Waals surface area contributed by atoms with Crippen LogP contribution in [-0.2, 0) is 16.0 Å². The molecule has 2 aliphatic heterocycles. The second kappa shape index (κ2) is 8.17. The minimum Gasteiger partial charge on any atom is -0.379 e. The number of urea groups is 1. The van der Waals surface area contributed by atoms with E-state index in [1.54, 1.807) is 19.2 Å². The zero-order valence-corrected chi connectivity index (χ0v) is 16.9. The van der Waals surface area contributed by atoms with E-state index in [1.165, 1.54) is 17.0 Å². The third kappa shape index (κ3) is 4.20. The molecule has 3 amide bonds. The van der Waals surface area contributed by atoms with Gasteiger partial charge in [-0.2, -0.15) is 0 Å². The van der Waals surface area contributed by atoms with Crippen molar-refractivity contribution in [2.24, 2.45) is 5.92 Å². The molecular weight excluding hydrogens is 361 g/mol. The molecule has 6 nitrogen and oxygen atoms in total. The van der Waals surface area contributed by atoms with Gasteiger partial charge in [0.15, 0.2) is 0 Å². The Kier molecular flexibility index (Phi) is 6.05. The number of piperidine rings is 1. The molecule has 2 heterocycles. The summed E-state index contributed by atoms with van der Waals surface area (Å²) in [5.41, 5.74) is -0.557. The van der Waals surface area contributed by atoms with Crippen molar-refractivity contribution in [3.8, 4) is 0 Å². The van der Waals surface area contributed by atoms with Crippen LogP contribution < -0.4 is 10.6 Å². The molecule has 2 fully saturated rings. The smallest absolute Gasteiger partial charge is 0.325 e. The average Bonchev–Trinajstić information content (AvgIpc) is 2.93. The third-order valence-corrected chi connectivity index (χ3v) is 6.12. The molecule has 2 aliphatic rings. The van der Waals surface area contributed by atoms with Gasteiger partial charge in [-0.05, 0) is 69.8 Å². The predicted octanol–water partition coefficient (Wildman–Crippen LogP) is 2.47. The largest absolute Gasteiger partial charge is 0.379 e. The number of imide groups is 1. The number of hydrogen-bond donors (Lipinski definition) is 2. The molecular formula is C21H30FN3O3. The van der Waals surface area contributed by atoms with Crippen LogP contribution in [-0.4, -0.2) is 54.7 Å². The Balaban J connectivity index is 1.87. The van der Waals surface area contributed by atoms with Crippen molar-refractivity contribution in [3.05, 3.63) is 35.6 Å². The molecule has 1 unspecified atom stereocenters. The summed E-state index contributed by atoms with van der Waals surface area (Å²) in [6, 6.07) is 5.82. The maximum atomic E-state index is 13.5. The first-order chi connectivity index (χ1) is 13.3. The van der Waals surface area contributed by atoms with Crippen molar-refractivity contribution < 1.29 is 18.7 Å². The van der Waals surface area contributed by atoms with E-state index >= 15 is 0 Å². The van der Waals surface area contributed by atoms with Crippen LogP contribution in [0.1, 0.15) is 38.7 Å². The topological polar surface area (TPSA) is 70.7 Å². The molecule has 1 atom stereocenters. The van der Waals surface area contributed by atoms with Crippen LogP contribution >= 0.6 is 0 Å². The van der Waals surface area contributed by atoms with Gasteiger partial charge in [-0.25, -0.2) is 9.18 Å². The minimum absolute atomic E-state index is 0.0377. The fourth-order valence-corrected chi connectivity index (χ4v) is 4.11. The molecule has 28 heavy (non-hydrogen) atoms. The van der Waals surface area contributed by atoms with E-state index in [2.05, 4.69) is 10.6 Å². The highest BCUT2D eigenvalue weighted by atomic mass is 19.1. The SMILES string of the molecule is COC(C)(C)CCN1C(=O)NC(Cc2ccc(F)cc2)(C2CCNCC2)C1=O. The van der Waals surface area contributed by atoms with Gasteiger partial charge in [-0.1, -0.05) is 12.1 Å². The standard InChI is InChI=1S/C21H30FN3O3/c1-20(2,28-3)10-13-25-18(26)21(24-19(25)27,16-8-11-23-12-9-16)14-15-4-6-17(22)7-5-15/h4-7,16,23H,8-14H2,1-3H3,(H,24,27). The molecule has 2 N–H and O–H groups in total. The van der Waals surface area contributed by atoms with Gasteiger partial charge >= 0.3 is 6.03 Å². The quantitative estimate of drug-likeness (QED) is 0.701. The number of halogens is 1. The lowest BCUT2D eigenvalue weighted by Gasteiger charge is -2.38. The van der Waals surface area contributed by atoms with Gasteiger partial charge in [0.05, 0.1) is 5.60 Å². The maximum Gasteiger partial charge on any atom is 0.325 e. The summed E-state index contributed by atoms with van der Waals surface area (Å²) in [5, 5.41) is 6.34. The highest BCUT2D eigenvalue weighted by molar-refractivity contribution is 6.07. The number of ether oxygens (including phenoxy) is 1. The molecule has 7 heteroatoms. The molecule has 0 spiro atoms. The van der Waals surface area contributed by atoms with E-state index in [-0.39, 0.29) is 23.7 Å². The van der Waals surface area contributed by atoms with Gasteiger partial charge in [0.1, 0.15) is 11.4 Å². The fraction of sp³-hybridized carbons (Fsp3) is 0.619. The van der Waals surface area contributed by atoms with E-state index < -0.39 is 11.1 Å². The summed E-state index contributed by atoms with van der Waals surface area (Å²) in [5.74, 6) is -0.457. The molecule has 0 aliphatic carbocycles. The first kappa shape index (κ1) is 20.7. The summed E-state index contributed by atoms with van der Waals surface area (Å²) in [4.78, 5) is 27.6. The number of carbonyl (C=O) groups is 2. The maximum absolute atomic E-state index is 13.5. The molecule has 154 valence electrons. The number of benzene rings is 1. The van der Waals surface area contributed by atoms with Gasteiger partial charge in [0.2, 0.25) is 0 Å². The summed E-state index contributed by atoms with van der Waals surface area (Å²) in [6.45, 7) is 5.81. The van der Waals surface area contributed by atoms with Crippen LogP contribution in [0.3, 0.4) is 0 Å². The Bertz CT molecular complexity index is 716. The molecule has 2 saturated heterocycles. The normalized spacial score (nSPS) is 23.9. The van der Waals surface area contributed by atoms with Gasteiger partial charge < -0.3 is 15.4 Å². The molecule has 1 aromatic carbocycles. The Morgan fingerprint density at radius 2 is 1.86 bits per heavy atom. The number of methoxy groups -OCH3 is 1. The molecule has 0 radical (unpaired) electrons. The summed E-state index contributed by atoms with van der Waals surface area (Å²) in [7, 11) is 1.62. The van der Waals surface area contributed by atoms with Crippen molar-refractivity contribution in [1.82, 2.24) is 15.5 Å². The second-order valence-corrected chi connectivity index (χ2v) is 8.40. The number of nitrogens with one attached hydrogen (secondary N) is 2. The van der Waals surface area contributed by atoms with Crippen molar-refractivity contribution in [3.63, 3.8) is 0 Å². The number of rotatable bonds is 7. The third-order valence-electron chi connectivity index (χ3n) is 6.12. The Hall–Kier alpha value is -1.99. The lowest BCUT2D eigenvalue weighted by Crippen LogP contribution is -2.57. The summed E-state index contributed by atoms with van der Waals surface area (Å²) < 4.78 is 18.8. The van der Waals surface area contributed by atoms with Crippen LogP contribution in [0.25, 0.3) is 0 Å². The van der Waals surface area contributed by atoms with E-state index in [0.717, 1.165) is 31.5 Å². The lowest BCUT2D eigenvalue weighted by atomic mass is 9.74. The van der Waals surface area contributed by atoms with Crippen LogP contribution in [0.4, 0.5) is 9.18 Å². The highest BCUT2D eigenvalue weighted by Crippen LogP contribution is 2.35. The Morgan fingerprint density at radius 3 is 2.46 bits per heavy atom. The van der Waals surface area contributed by atoms with Crippen molar-refractivity contribution in [2.75, 3.05) is 26.7 Å². The average molecular weight is 391 g/mol. The van der Waals surface area contributed by atoms with Crippen LogP contribution in [0.15, 0.2) is 24.3 Å². The van der Waals surface area contributed by atoms with Crippen LogP contribution in [0.5, 0.6) is 0 Å². The van der Waals surface area contributed by atoms with Crippen molar-refractivity contribution >= 4 is 11.9 Å². The first-order valence-electron chi connectivity index (χ1n) is 9.92. The van der Waals surface area contributed by atoms with E-state index in [0.29, 0.717) is 19.4 Å². The molecule has 3 rings (SSSR count). The Labute approximate surface area is 165 Å². The van der Waals surface area contributed by atoms with Gasteiger partial charge in [-0.15, -0.1) is 0 Å². The van der Waals surface area contributed by atoms with E-state index in [1.807, 2.05) is 13.8 Å². The lowest BCUT2D eigenvalue weighted by molar-refractivity contribution is -0.134. The monoisotopic (exact) mass is 391 g/mol. The fourth-order valence-electron chi connectivity index (χ4n) is 4.11. The predicted molar refractivity (Wildman–Crippen MR) is 104 cm³/mol. The number of nitrogens with zero attached hydrogens (tertiary/aromatic N) is 1. The zero-order valence-electron chi connectivity index (χ0n) is 16.9. The van der Waals surface area contributed by atoms with Gasteiger partial charge in [0, 0.05) is 20.1 Å². The van der Waals surface area contributed by atoms with Gasteiger partial charge in [-0.3, -0.25) is 9.69 Å². The first-order valence-corrected chi connectivity index (χ1v) is 9.92. The molecule has 1 aromatic rings. The highest BCUT2D eigenvalue weighted by Gasteiger charge is 2.55. The van der Waals surface area contributed by atoms with Crippen LogP contribution in [0.2, 0.25) is 0 Å². The molecule has 0 aromatic heterocycles. The second-order valence-electron chi connectivity index (χ2n) is 8.40. The Morgan fingerprint density at radius 1 is 1.21 bits per heavy atom. The van der Waals surface area contributed by atoms with E-state index in [4.69, 9.17) is 4.74 Å². The summed E-state index contributed by atoms with van der Waals surface area (Å²) >= 11 is 0. The number of hydrogen-bond acceptors (Lipinski definition) is 4. The van der Waals surface area contributed by atoms with E-state index in [9.17, 15) is 14.0 Å².